The van der Waals surface area contributed by atoms with Crippen LogP contribution >= 0.6 is 23.2 Å². The van der Waals surface area contributed by atoms with E-state index in [1.54, 1.807) is 42.6 Å². The van der Waals surface area contributed by atoms with Crippen LogP contribution in [0.25, 0.3) is 5.82 Å². The normalized spacial score (nSPS) is 10.6. The van der Waals surface area contributed by atoms with E-state index in [9.17, 15) is 9.59 Å². The number of nitrogens with zero attached hydrogens (tertiary/aromatic N) is 2. The van der Waals surface area contributed by atoms with Crippen LogP contribution in [-0.4, -0.2) is 20.7 Å². The molecule has 3 aromatic rings. The van der Waals surface area contributed by atoms with E-state index in [-0.39, 0.29) is 17.8 Å². The summed E-state index contributed by atoms with van der Waals surface area (Å²) >= 11 is 11.8. The standard InChI is InChI=1S/C16H12Cl2N4O2/c17-11-5-10(6-12(18)7-11)9-20-16(24)13-8-15(23)22(21-13)14-3-1-2-4-19-14/h1-8,21H,9H2,(H,20,24). The molecule has 0 aliphatic heterocycles. The Kier molecular flexibility index (Phi) is 4.69. The third kappa shape index (κ3) is 3.67. The number of nitrogens with one attached hydrogen (secondary N) is 2. The highest BCUT2D eigenvalue weighted by Crippen LogP contribution is 2.18. The van der Waals surface area contributed by atoms with E-state index < -0.39 is 5.91 Å². The van der Waals surface area contributed by atoms with E-state index in [0.717, 1.165) is 5.56 Å². The summed E-state index contributed by atoms with van der Waals surface area (Å²) in [6.07, 6.45) is 1.56. The highest BCUT2D eigenvalue weighted by Gasteiger charge is 2.12. The van der Waals surface area contributed by atoms with Gasteiger partial charge in [-0.25, -0.2) is 9.67 Å². The van der Waals surface area contributed by atoms with Crippen LogP contribution in [0.3, 0.4) is 0 Å². The Morgan fingerprint density at radius 1 is 1.17 bits per heavy atom. The fraction of sp³-hybridized carbons (Fsp3) is 0.0625. The van der Waals surface area contributed by atoms with E-state index in [2.05, 4.69) is 15.4 Å². The minimum Gasteiger partial charge on any atom is -0.347 e. The van der Waals surface area contributed by atoms with Gasteiger partial charge in [0.05, 0.1) is 0 Å². The molecule has 6 nitrogen and oxygen atoms in total. The lowest BCUT2D eigenvalue weighted by Crippen LogP contribution is -2.23. The van der Waals surface area contributed by atoms with Crippen molar-refractivity contribution in [3.8, 4) is 5.82 Å². The van der Waals surface area contributed by atoms with Gasteiger partial charge in [-0.1, -0.05) is 29.3 Å². The summed E-state index contributed by atoms with van der Waals surface area (Å²) in [5.41, 5.74) is 0.524. The number of aromatic nitrogens is 3. The number of hydrogen-bond donors (Lipinski definition) is 2. The molecule has 2 N–H and O–H groups in total. The van der Waals surface area contributed by atoms with Gasteiger partial charge in [-0.15, -0.1) is 0 Å². The lowest BCUT2D eigenvalue weighted by Gasteiger charge is -2.05. The maximum Gasteiger partial charge on any atom is 0.273 e. The molecule has 0 aliphatic rings. The number of carbonyl (C=O) groups excluding carboxylic acids is 1. The Labute approximate surface area is 147 Å². The number of halogens is 2. The topological polar surface area (TPSA) is 79.8 Å². The van der Waals surface area contributed by atoms with E-state index >= 15 is 0 Å². The number of pyridine rings is 1. The van der Waals surface area contributed by atoms with E-state index in [4.69, 9.17) is 23.2 Å². The summed E-state index contributed by atoms with van der Waals surface area (Å²) < 4.78 is 1.20. The number of carbonyl (C=O) groups is 1. The molecule has 0 fully saturated rings. The van der Waals surface area contributed by atoms with Crippen LogP contribution < -0.4 is 10.9 Å². The largest absolute Gasteiger partial charge is 0.347 e. The van der Waals surface area contributed by atoms with Crippen LogP contribution in [0.1, 0.15) is 16.1 Å². The molecule has 0 aliphatic carbocycles. The molecule has 0 unspecified atom stereocenters. The fourth-order valence-corrected chi connectivity index (χ4v) is 2.73. The highest BCUT2D eigenvalue weighted by atomic mass is 35.5. The summed E-state index contributed by atoms with van der Waals surface area (Å²) in [7, 11) is 0. The first kappa shape index (κ1) is 16.3. The van der Waals surface area contributed by atoms with Crippen LogP contribution in [0.4, 0.5) is 0 Å². The van der Waals surface area contributed by atoms with Crippen molar-refractivity contribution >= 4 is 29.1 Å². The van der Waals surface area contributed by atoms with Crippen LogP contribution in [0, 0.1) is 0 Å². The van der Waals surface area contributed by atoms with Crippen molar-refractivity contribution in [2.45, 2.75) is 6.54 Å². The second-order valence-corrected chi connectivity index (χ2v) is 5.86. The van der Waals surface area contributed by atoms with Gasteiger partial charge in [-0.2, -0.15) is 0 Å². The molecule has 0 radical (unpaired) electrons. The minimum absolute atomic E-state index is 0.138. The highest BCUT2D eigenvalue weighted by molar-refractivity contribution is 6.34. The van der Waals surface area contributed by atoms with Crippen molar-refractivity contribution in [2.24, 2.45) is 0 Å². The minimum atomic E-state index is -0.419. The first-order chi connectivity index (χ1) is 11.5. The maximum absolute atomic E-state index is 12.2. The average Bonchev–Trinajstić information content (AvgIpc) is 2.94. The van der Waals surface area contributed by atoms with Gasteiger partial charge in [0.1, 0.15) is 5.69 Å². The van der Waals surface area contributed by atoms with Crippen LogP contribution in [0.5, 0.6) is 0 Å². The van der Waals surface area contributed by atoms with E-state index in [1.807, 2.05) is 0 Å². The number of H-pyrrole nitrogens is 1. The van der Waals surface area contributed by atoms with Crippen molar-refractivity contribution in [3.05, 3.63) is 80.3 Å². The van der Waals surface area contributed by atoms with Crippen molar-refractivity contribution in [1.82, 2.24) is 20.1 Å². The fourth-order valence-electron chi connectivity index (χ4n) is 2.16. The summed E-state index contributed by atoms with van der Waals surface area (Å²) in [5.74, 6) is -0.0129. The summed E-state index contributed by atoms with van der Waals surface area (Å²) in [6, 6.07) is 11.4. The molecule has 2 heterocycles. The van der Waals surface area contributed by atoms with Crippen molar-refractivity contribution in [2.75, 3.05) is 0 Å². The maximum atomic E-state index is 12.2. The van der Waals surface area contributed by atoms with E-state index in [0.29, 0.717) is 15.9 Å². The Morgan fingerprint density at radius 2 is 1.92 bits per heavy atom. The molecular formula is C16H12Cl2N4O2. The zero-order valence-corrected chi connectivity index (χ0v) is 13.8. The van der Waals surface area contributed by atoms with Crippen molar-refractivity contribution in [3.63, 3.8) is 0 Å². The van der Waals surface area contributed by atoms with Gasteiger partial charge in [0.2, 0.25) is 0 Å². The molecule has 122 valence electrons. The summed E-state index contributed by atoms with van der Waals surface area (Å²) in [5, 5.41) is 6.41. The summed E-state index contributed by atoms with van der Waals surface area (Å²) in [4.78, 5) is 28.3. The molecule has 1 amide bonds. The number of hydrogen-bond acceptors (Lipinski definition) is 3. The monoisotopic (exact) mass is 362 g/mol. The molecule has 0 saturated heterocycles. The third-order valence-corrected chi connectivity index (χ3v) is 3.66. The lowest BCUT2D eigenvalue weighted by atomic mass is 10.2. The van der Waals surface area contributed by atoms with Crippen LogP contribution in [0.2, 0.25) is 10.0 Å². The summed E-state index contributed by atoms with van der Waals surface area (Å²) in [6.45, 7) is 0.232. The first-order valence-corrected chi connectivity index (χ1v) is 7.75. The molecule has 3 rings (SSSR count). The predicted molar refractivity (Wildman–Crippen MR) is 91.8 cm³/mol. The molecule has 0 saturated carbocycles. The zero-order chi connectivity index (χ0) is 17.1. The van der Waals surface area contributed by atoms with Crippen LogP contribution in [0.15, 0.2) is 53.5 Å². The quantitative estimate of drug-likeness (QED) is 0.748. The second-order valence-electron chi connectivity index (χ2n) is 4.99. The molecule has 0 bridgehead atoms. The molecule has 2 aromatic heterocycles. The van der Waals surface area contributed by atoms with Crippen molar-refractivity contribution < 1.29 is 4.79 Å². The Hall–Kier alpha value is -2.57. The SMILES string of the molecule is O=C(NCc1cc(Cl)cc(Cl)c1)c1cc(=O)n(-c2ccccn2)[nH]1. The Bertz CT molecular complexity index is 915. The van der Waals surface area contributed by atoms with Gasteiger partial charge in [0, 0.05) is 28.9 Å². The number of amides is 1. The molecular weight excluding hydrogens is 351 g/mol. The smallest absolute Gasteiger partial charge is 0.273 e. The van der Waals surface area contributed by atoms with Crippen molar-refractivity contribution in [1.29, 1.82) is 0 Å². The zero-order valence-electron chi connectivity index (χ0n) is 12.3. The van der Waals surface area contributed by atoms with Crippen LogP contribution in [-0.2, 0) is 6.54 Å². The van der Waals surface area contributed by atoms with E-state index in [1.165, 1.54) is 10.7 Å². The van der Waals surface area contributed by atoms with Gasteiger partial charge in [-0.05, 0) is 35.9 Å². The Morgan fingerprint density at radius 3 is 2.58 bits per heavy atom. The first-order valence-electron chi connectivity index (χ1n) is 6.99. The molecule has 24 heavy (non-hydrogen) atoms. The van der Waals surface area contributed by atoms with Gasteiger partial charge >= 0.3 is 0 Å². The van der Waals surface area contributed by atoms with Gasteiger partial charge in [0.25, 0.3) is 11.5 Å². The average molecular weight is 363 g/mol. The molecule has 1 aromatic carbocycles. The number of benzene rings is 1. The molecule has 8 heteroatoms. The van der Waals surface area contributed by atoms with Gasteiger partial charge < -0.3 is 5.32 Å². The molecule has 0 spiro atoms. The van der Waals surface area contributed by atoms with Gasteiger partial charge in [-0.3, -0.25) is 14.7 Å². The Balaban J connectivity index is 1.75. The predicted octanol–water partition coefficient (Wildman–Crippen LogP) is 2.80. The number of rotatable bonds is 4. The number of aromatic amines is 1. The lowest BCUT2D eigenvalue weighted by molar-refractivity contribution is 0.0945. The molecule has 0 atom stereocenters. The third-order valence-electron chi connectivity index (χ3n) is 3.22. The van der Waals surface area contributed by atoms with Gasteiger partial charge in [0.15, 0.2) is 5.82 Å². The second kappa shape index (κ2) is 6.90.